The molecule has 102 valence electrons. The fraction of sp³-hybridized carbons (Fsp3) is 0.500. The molecule has 4 nitrogen and oxygen atoms in total. The molecule has 2 aromatic rings. The first kappa shape index (κ1) is 12.8. The highest BCUT2D eigenvalue weighted by atomic mass is 35.5. The van der Waals surface area contributed by atoms with Gasteiger partial charge in [-0.2, -0.15) is 0 Å². The van der Waals surface area contributed by atoms with Gasteiger partial charge >= 0.3 is 5.69 Å². The Morgan fingerprint density at radius 3 is 2.89 bits per heavy atom. The Morgan fingerprint density at radius 1 is 1.42 bits per heavy atom. The van der Waals surface area contributed by atoms with Crippen molar-refractivity contribution in [3.8, 4) is 0 Å². The first-order valence-electron chi connectivity index (χ1n) is 6.70. The minimum absolute atomic E-state index is 0.0344. The van der Waals surface area contributed by atoms with Gasteiger partial charge in [-0.15, -0.1) is 0 Å². The molecule has 1 aromatic heterocycles. The minimum atomic E-state index is -0.0344. The molecule has 0 radical (unpaired) electrons. The topological polar surface area (TPSA) is 41.0 Å². The monoisotopic (exact) mass is 279 g/mol. The summed E-state index contributed by atoms with van der Waals surface area (Å²) in [6.07, 6.45) is 1.01. The molecular weight excluding hydrogens is 262 g/mol. The summed E-state index contributed by atoms with van der Waals surface area (Å²) in [6.45, 7) is 6.35. The molecule has 0 amide bonds. The zero-order valence-corrected chi connectivity index (χ0v) is 11.9. The van der Waals surface area contributed by atoms with E-state index in [2.05, 4.69) is 23.7 Å². The number of imidazole rings is 1. The average molecular weight is 280 g/mol. The summed E-state index contributed by atoms with van der Waals surface area (Å²) < 4.78 is 1.86. The van der Waals surface area contributed by atoms with Crippen LogP contribution in [0.1, 0.15) is 26.3 Å². The number of halogens is 1. The van der Waals surface area contributed by atoms with E-state index in [9.17, 15) is 4.79 Å². The molecule has 0 spiro atoms. The molecule has 1 N–H and O–H groups in total. The van der Waals surface area contributed by atoms with Crippen molar-refractivity contribution in [3.05, 3.63) is 33.7 Å². The van der Waals surface area contributed by atoms with Crippen molar-refractivity contribution in [2.75, 3.05) is 13.1 Å². The zero-order chi connectivity index (χ0) is 13.6. The van der Waals surface area contributed by atoms with Gasteiger partial charge in [-0.3, -0.25) is 9.47 Å². The Hall–Kier alpha value is -1.26. The number of H-pyrrole nitrogens is 1. The van der Waals surface area contributed by atoms with E-state index in [1.807, 2.05) is 16.7 Å². The smallest absolute Gasteiger partial charge is 0.306 e. The summed E-state index contributed by atoms with van der Waals surface area (Å²) in [5.74, 6) is 0. The number of aromatic amines is 1. The van der Waals surface area contributed by atoms with Crippen LogP contribution in [0.25, 0.3) is 11.0 Å². The molecule has 1 unspecified atom stereocenters. The number of hydrogen-bond acceptors (Lipinski definition) is 2. The predicted molar refractivity (Wildman–Crippen MR) is 77.9 cm³/mol. The number of rotatable bonds is 2. The molecular formula is C14H18ClN3O. The highest BCUT2D eigenvalue weighted by Crippen LogP contribution is 2.26. The van der Waals surface area contributed by atoms with Crippen LogP contribution in [0.5, 0.6) is 0 Å². The Labute approximate surface area is 117 Å². The molecule has 0 aliphatic carbocycles. The number of benzene rings is 1. The summed E-state index contributed by atoms with van der Waals surface area (Å²) in [5.41, 5.74) is 1.73. The van der Waals surface area contributed by atoms with Gasteiger partial charge in [0, 0.05) is 24.2 Å². The lowest BCUT2D eigenvalue weighted by molar-refractivity contribution is 0.265. The number of hydrogen-bond donors (Lipinski definition) is 1. The fourth-order valence-electron chi connectivity index (χ4n) is 2.91. The van der Waals surface area contributed by atoms with E-state index in [1.54, 1.807) is 6.07 Å². The van der Waals surface area contributed by atoms with Crippen molar-refractivity contribution in [2.45, 2.75) is 32.4 Å². The lowest BCUT2D eigenvalue weighted by atomic mass is 10.2. The van der Waals surface area contributed by atoms with E-state index < -0.39 is 0 Å². The van der Waals surface area contributed by atoms with Gasteiger partial charge in [0.15, 0.2) is 0 Å². The van der Waals surface area contributed by atoms with Gasteiger partial charge in [0.25, 0.3) is 0 Å². The summed E-state index contributed by atoms with van der Waals surface area (Å²) in [4.78, 5) is 17.5. The molecule has 19 heavy (non-hydrogen) atoms. The van der Waals surface area contributed by atoms with Crippen molar-refractivity contribution in [1.82, 2.24) is 14.5 Å². The average Bonchev–Trinajstić information content (AvgIpc) is 2.92. The quantitative estimate of drug-likeness (QED) is 0.918. The maximum atomic E-state index is 12.2. The molecule has 5 heteroatoms. The maximum Gasteiger partial charge on any atom is 0.326 e. The van der Waals surface area contributed by atoms with E-state index in [4.69, 9.17) is 11.6 Å². The molecule has 1 fully saturated rings. The van der Waals surface area contributed by atoms with Crippen molar-refractivity contribution in [3.63, 3.8) is 0 Å². The maximum absolute atomic E-state index is 12.2. The van der Waals surface area contributed by atoms with Crippen LogP contribution in [-0.4, -0.2) is 33.6 Å². The van der Waals surface area contributed by atoms with Gasteiger partial charge in [0.05, 0.1) is 17.1 Å². The second-order valence-electron chi connectivity index (χ2n) is 5.49. The van der Waals surface area contributed by atoms with Crippen LogP contribution in [0.2, 0.25) is 5.02 Å². The third kappa shape index (κ3) is 2.19. The summed E-state index contributed by atoms with van der Waals surface area (Å²) in [5, 5.41) is 0.666. The molecule has 0 saturated carbocycles. The molecule has 1 aliphatic rings. The number of nitrogens with one attached hydrogen (secondary N) is 1. The predicted octanol–water partition coefficient (Wildman–Crippen LogP) is 2.64. The van der Waals surface area contributed by atoms with E-state index in [0.717, 1.165) is 30.5 Å². The van der Waals surface area contributed by atoms with Crippen LogP contribution in [-0.2, 0) is 0 Å². The molecule has 0 bridgehead atoms. The molecule has 1 aromatic carbocycles. The number of fused-ring (bicyclic) bond motifs is 1. The van der Waals surface area contributed by atoms with Crippen LogP contribution in [0.15, 0.2) is 23.0 Å². The van der Waals surface area contributed by atoms with E-state index in [-0.39, 0.29) is 11.7 Å². The van der Waals surface area contributed by atoms with Crippen LogP contribution in [0, 0.1) is 0 Å². The Bertz CT molecular complexity index is 658. The third-order valence-corrected chi connectivity index (χ3v) is 4.21. The van der Waals surface area contributed by atoms with E-state index in [0.29, 0.717) is 11.1 Å². The first-order chi connectivity index (χ1) is 9.06. The van der Waals surface area contributed by atoms with Crippen molar-refractivity contribution >= 4 is 22.6 Å². The van der Waals surface area contributed by atoms with Gasteiger partial charge in [-0.25, -0.2) is 4.79 Å². The van der Waals surface area contributed by atoms with E-state index in [1.165, 1.54) is 0 Å². The van der Waals surface area contributed by atoms with Gasteiger partial charge in [0.1, 0.15) is 0 Å². The molecule has 1 saturated heterocycles. The van der Waals surface area contributed by atoms with Crippen molar-refractivity contribution in [2.24, 2.45) is 0 Å². The standard InChI is InChI=1S/C14H18ClN3O/c1-9(2)17-6-5-11(8-17)18-13-7-10(15)3-4-12(13)16-14(18)19/h3-4,7,9,11H,5-6,8H2,1-2H3,(H,16,19). The normalized spacial score (nSPS) is 20.7. The third-order valence-electron chi connectivity index (χ3n) is 3.97. The number of aromatic nitrogens is 2. The number of likely N-dealkylation sites (tertiary alicyclic amines) is 1. The fourth-order valence-corrected chi connectivity index (χ4v) is 3.07. The van der Waals surface area contributed by atoms with Crippen LogP contribution >= 0.6 is 11.6 Å². The summed E-state index contributed by atoms with van der Waals surface area (Å²) in [6, 6.07) is 6.30. The molecule has 3 rings (SSSR count). The van der Waals surface area contributed by atoms with E-state index >= 15 is 0 Å². The number of nitrogens with zero attached hydrogens (tertiary/aromatic N) is 2. The lowest BCUT2D eigenvalue weighted by Crippen LogP contribution is -2.30. The largest absolute Gasteiger partial charge is 0.326 e. The second kappa shape index (κ2) is 4.69. The molecule has 2 heterocycles. The highest BCUT2D eigenvalue weighted by molar-refractivity contribution is 6.31. The molecule has 1 aliphatic heterocycles. The Balaban J connectivity index is 2.03. The second-order valence-corrected chi connectivity index (χ2v) is 5.93. The summed E-state index contributed by atoms with van der Waals surface area (Å²) in [7, 11) is 0. The van der Waals surface area contributed by atoms with Gasteiger partial charge in [-0.05, 0) is 38.5 Å². The first-order valence-corrected chi connectivity index (χ1v) is 7.08. The van der Waals surface area contributed by atoms with Gasteiger partial charge in [0.2, 0.25) is 0 Å². The lowest BCUT2D eigenvalue weighted by Gasteiger charge is -2.20. The SMILES string of the molecule is CC(C)N1CCC(n2c(=O)[nH]c3ccc(Cl)cc32)C1. The Morgan fingerprint density at radius 2 is 2.21 bits per heavy atom. The van der Waals surface area contributed by atoms with Crippen molar-refractivity contribution in [1.29, 1.82) is 0 Å². The summed E-state index contributed by atoms with van der Waals surface area (Å²) >= 11 is 6.05. The van der Waals surface area contributed by atoms with Crippen LogP contribution in [0.4, 0.5) is 0 Å². The van der Waals surface area contributed by atoms with Gasteiger partial charge < -0.3 is 4.98 Å². The molecule has 1 atom stereocenters. The van der Waals surface area contributed by atoms with Crippen molar-refractivity contribution < 1.29 is 0 Å². The van der Waals surface area contributed by atoms with Gasteiger partial charge in [-0.1, -0.05) is 11.6 Å². The van der Waals surface area contributed by atoms with Crippen LogP contribution in [0.3, 0.4) is 0 Å². The minimum Gasteiger partial charge on any atom is -0.306 e. The zero-order valence-electron chi connectivity index (χ0n) is 11.2. The highest BCUT2D eigenvalue weighted by Gasteiger charge is 2.27. The Kier molecular flexibility index (Phi) is 3.15. The van der Waals surface area contributed by atoms with Crippen LogP contribution < -0.4 is 5.69 Å².